The Kier molecular flexibility index (Phi) is 9.01. The minimum absolute atomic E-state index is 0. The summed E-state index contributed by atoms with van der Waals surface area (Å²) in [5.41, 5.74) is 9.08. The predicted octanol–water partition coefficient (Wildman–Crippen LogP) is 8.47. The van der Waals surface area contributed by atoms with Crippen LogP contribution in [0, 0.1) is 0 Å². The summed E-state index contributed by atoms with van der Waals surface area (Å²) in [6.45, 7) is 7.03. The van der Waals surface area contributed by atoms with Crippen LogP contribution in [-0.2, 0) is 17.1 Å². The number of allylic oxidation sites excluding steroid dienone is 8. The number of hydrogen-bond acceptors (Lipinski definition) is 0. The molecule has 0 spiro atoms. The quantitative estimate of drug-likeness (QED) is 0.276. The molecular formula is C28H36Cl2HfSi. The summed E-state index contributed by atoms with van der Waals surface area (Å²) in [4.78, 5) is 0. The molecule has 0 saturated heterocycles. The fourth-order valence-corrected chi connectivity index (χ4v) is 25.1. The van der Waals surface area contributed by atoms with E-state index in [2.05, 4.69) is 103 Å². The topological polar surface area (TPSA) is 0 Å². The number of rotatable bonds is 6. The van der Waals surface area contributed by atoms with E-state index in [0.29, 0.717) is 0 Å². The van der Waals surface area contributed by atoms with Crippen molar-refractivity contribution in [3.05, 3.63) is 102 Å². The molecule has 0 aromatic heterocycles. The first kappa shape index (κ1) is 27.3. The van der Waals surface area contributed by atoms with Crippen molar-refractivity contribution in [2.45, 2.75) is 48.9 Å². The number of hydrogen-bond donors (Lipinski definition) is 0. The maximum absolute atomic E-state index is 3.51. The van der Waals surface area contributed by atoms with Gasteiger partial charge in [-0.2, -0.15) is 0 Å². The Hall–Kier alpha value is -0.933. The van der Waals surface area contributed by atoms with E-state index in [1.807, 2.05) is 0 Å². The van der Waals surface area contributed by atoms with Crippen LogP contribution in [0.15, 0.2) is 90.6 Å². The van der Waals surface area contributed by atoms with Crippen LogP contribution in [-0.4, -0.2) is 6.94 Å². The monoisotopic (exact) mass is 650 g/mol. The third kappa shape index (κ3) is 5.09. The number of halogens is 2. The second kappa shape index (κ2) is 10.6. The van der Waals surface area contributed by atoms with Gasteiger partial charge in [0, 0.05) is 0 Å². The van der Waals surface area contributed by atoms with E-state index in [-0.39, 0.29) is 24.8 Å². The maximum Gasteiger partial charge on any atom is -0.147 e. The van der Waals surface area contributed by atoms with Gasteiger partial charge in [-0.1, -0.05) is 0 Å². The Morgan fingerprint density at radius 2 is 1.00 bits per heavy atom. The maximum atomic E-state index is 2.70. The van der Waals surface area contributed by atoms with Gasteiger partial charge in [-0.25, -0.2) is 0 Å². The Balaban J connectivity index is 0.00000181. The second-order valence-corrected chi connectivity index (χ2v) is 50.9. The number of benzene rings is 2. The zero-order valence-electron chi connectivity index (χ0n) is 19.8. The molecule has 0 saturated carbocycles. The van der Waals surface area contributed by atoms with Crippen molar-refractivity contribution in [1.82, 2.24) is 0 Å². The van der Waals surface area contributed by atoms with Crippen LogP contribution < -0.4 is 0 Å². The molecule has 0 radical (unpaired) electrons. The van der Waals surface area contributed by atoms with Crippen molar-refractivity contribution in [3.63, 3.8) is 0 Å². The Labute approximate surface area is 209 Å². The van der Waals surface area contributed by atoms with E-state index in [1.165, 1.54) is 35.1 Å². The summed E-state index contributed by atoms with van der Waals surface area (Å²) in [6, 6.07) is 22.2. The van der Waals surface area contributed by atoms with Crippen LogP contribution in [0.1, 0.15) is 50.7 Å². The van der Waals surface area contributed by atoms with E-state index >= 15 is 0 Å². The predicted molar refractivity (Wildman–Crippen MR) is 147 cm³/mol. The van der Waals surface area contributed by atoms with Gasteiger partial charge in [0.15, 0.2) is 0 Å². The molecule has 0 bridgehead atoms. The van der Waals surface area contributed by atoms with Crippen molar-refractivity contribution in [2.24, 2.45) is 0 Å². The van der Waals surface area contributed by atoms with Crippen LogP contribution in [0.4, 0.5) is 0 Å². The Morgan fingerprint density at radius 3 is 1.31 bits per heavy atom. The van der Waals surface area contributed by atoms with Gasteiger partial charge in [0.1, 0.15) is 0 Å². The molecule has 170 valence electrons. The van der Waals surface area contributed by atoms with Crippen molar-refractivity contribution in [1.29, 1.82) is 0 Å². The molecule has 2 aromatic rings. The molecule has 4 heteroatoms. The molecule has 0 fully saturated rings. The molecular weight excluding hydrogens is 614 g/mol. The molecule has 32 heavy (non-hydrogen) atoms. The Bertz CT molecular complexity index is 1070. The van der Waals surface area contributed by atoms with Crippen LogP contribution in [0.2, 0.25) is 9.36 Å². The summed E-state index contributed by atoms with van der Waals surface area (Å²) in [6.07, 6.45) is 9.71. The van der Waals surface area contributed by atoms with E-state index in [4.69, 9.17) is 0 Å². The fourth-order valence-electron chi connectivity index (χ4n) is 5.15. The Morgan fingerprint density at radius 1 is 0.656 bits per heavy atom. The van der Waals surface area contributed by atoms with Gasteiger partial charge in [-0.15, -0.1) is 24.8 Å². The van der Waals surface area contributed by atoms with Crippen molar-refractivity contribution < 1.29 is 17.1 Å². The van der Waals surface area contributed by atoms with Crippen molar-refractivity contribution in [3.8, 4) is 0 Å². The van der Waals surface area contributed by atoms with Gasteiger partial charge in [-0.3, -0.25) is 0 Å². The molecule has 2 aliphatic rings. The molecule has 2 aromatic carbocycles. The third-order valence-corrected chi connectivity index (χ3v) is 31.3. The molecule has 0 heterocycles. The zero-order chi connectivity index (χ0) is 21.4. The summed E-state index contributed by atoms with van der Waals surface area (Å²) in [5.74, 6) is 0. The smallest absolute Gasteiger partial charge is 0.147 e. The molecule has 4 rings (SSSR count). The second-order valence-electron chi connectivity index (χ2n) is 9.87. The average Bonchev–Trinajstić information content (AvgIpc) is 3.41. The van der Waals surface area contributed by atoms with E-state index in [1.54, 1.807) is 17.8 Å². The SMILES string of the molecule is CCC1=CC(c2ccccc2)=[C]([Hf]([CH3])([CH3])(=[SiH2])[C]2=C(c3ccccc3)C=C(CC)C2)C1.Cl.Cl. The largest absolute Gasteiger partial charge is 0.147 e. The van der Waals surface area contributed by atoms with Gasteiger partial charge < -0.3 is 0 Å². The van der Waals surface area contributed by atoms with Crippen molar-refractivity contribution in [2.75, 3.05) is 0 Å². The van der Waals surface area contributed by atoms with Gasteiger partial charge in [0.2, 0.25) is 0 Å². The summed E-state index contributed by atoms with van der Waals surface area (Å²) in [5, 5.41) is 0. The molecule has 0 amide bonds. The van der Waals surface area contributed by atoms with E-state index in [9.17, 15) is 0 Å². The first-order valence-electron chi connectivity index (χ1n) is 11.4. The molecule has 0 N–H and O–H groups in total. The first-order chi connectivity index (χ1) is 14.3. The minimum atomic E-state index is -3.51. The molecule has 2 aliphatic carbocycles. The standard InChI is InChI=1S/2C13H13.2CH3.2ClH.Hf.H2Si/c2*1-2-11-8-9-13(10-11)12-6-4-3-5-7-12;;;;;;/h2*3-7,10H,2,8H2,1H3;2*1H3;2*1H;;1H2. The zero-order valence-corrected chi connectivity index (χ0v) is 26.4. The summed E-state index contributed by atoms with van der Waals surface area (Å²) >= 11 is -3.51. The minimum Gasteiger partial charge on any atom is -0.147 e. The van der Waals surface area contributed by atoms with Crippen molar-refractivity contribution >= 4 is 42.9 Å². The van der Waals surface area contributed by atoms with E-state index in [0.717, 1.165) is 12.8 Å². The van der Waals surface area contributed by atoms with Gasteiger partial charge in [-0.05, 0) is 0 Å². The van der Waals surface area contributed by atoms with Crippen LogP contribution in [0.25, 0.3) is 11.1 Å². The van der Waals surface area contributed by atoms with Crippen LogP contribution in [0.3, 0.4) is 0 Å². The van der Waals surface area contributed by atoms with Gasteiger partial charge in [0.25, 0.3) is 0 Å². The molecule has 0 aliphatic heterocycles. The normalized spacial score (nSPS) is 16.4. The molecule has 0 nitrogen and oxygen atoms in total. The summed E-state index contributed by atoms with van der Waals surface area (Å²) in [7, 11) is 0. The third-order valence-electron chi connectivity index (χ3n) is 7.17. The summed E-state index contributed by atoms with van der Waals surface area (Å²) < 4.78 is 8.99. The van der Waals surface area contributed by atoms with Gasteiger partial charge in [0.05, 0.1) is 0 Å². The van der Waals surface area contributed by atoms with E-state index < -0.39 is 17.1 Å². The first-order valence-corrected chi connectivity index (χ1v) is 30.5. The van der Waals surface area contributed by atoms with Crippen LogP contribution in [0.5, 0.6) is 0 Å². The van der Waals surface area contributed by atoms with Gasteiger partial charge >= 0.3 is 186 Å². The average molecular weight is 650 g/mol. The molecule has 0 atom stereocenters. The fraction of sp³-hybridized carbons (Fsp3) is 0.286. The molecule has 0 unspecified atom stereocenters. The van der Waals surface area contributed by atoms with Crippen LogP contribution >= 0.6 is 24.8 Å².